The molecule has 0 spiro atoms. The topological polar surface area (TPSA) is 49.3 Å². The fraction of sp³-hybridized carbons (Fsp3) is 0.182. The molecular formula is C11H13NO2S. The molecule has 4 heteroatoms. The van der Waals surface area contributed by atoms with E-state index in [0.29, 0.717) is 12.1 Å². The Balaban J connectivity index is 2.74. The summed E-state index contributed by atoms with van der Waals surface area (Å²) in [5.41, 5.74) is 0.706. The molecule has 0 atom stereocenters. The van der Waals surface area contributed by atoms with Crippen molar-refractivity contribution in [1.29, 1.82) is 0 Å². The van der Waals surface area contributed by atoms with E-state index in [-0.39, 0.29) is 11.7 Å². The van der Waals surface area contributed by atoms with E-state index >= 15 is 0 Å². The highest BCUT2D eigenvalue weighted by Crippen LogP contribution is 2.23. The summed E-state index contributed by atoms with van der Waals surface area (Å²) in [6.07, 6.45) is 3.16. The Kier molecular flexibility index (Phi) is 4.24. The molecule has 0 aromatic heterocycles. The highest BCUT2D eigenvalue weighted by atomic mass is 32.2. The van der Waals surface area contributed by atoms with Gasteiger partial charge in [-0.2, -0.15) is 0 Å². The van der Waals surface area contributed by atoms with Gasteiger partial charge in [0.2, 0.25) is 5.91 Å². The third-order valence-electron chi connectivity index (χ3n) is 1.93. The van der Waals surface area contributed by atoms with Gasteiger partial charge in [0.05, 0.1) is 0 Å². The molecule has 0 aliphatic carbocycles. The molecule has 0 fully saturated rings. The largest absolute Gasteiger partial charge is 0.508 e. The van der Waals surface area contributed by atoms with Crippen LogP contribution in [0.5, 0.6) is 5.75 Å². The molecule has 15 heavy (non-hydrogen) atoms. The molecule has 2 N–H and O–H groups in total. The Bertz CT molecular complexity index is 377. The Labute approximate surface area is 93.2 Å². The van der Waals surface area contributed by atoms with Crippen LogP contribution in [0.2, 0.25) is 0 Å². The molecule has 3 nitrogen and oxygen atoms in total. The fourth-order valence-electron chi connectivity index (χ4n) is 1.08. The zero-order valence-electron chi connectivity index (χ0n) is 8.49. The third-order valence-corrected chi connectivity index (χ3v) is 2.65. The monoisotopic (exact) mass is 223 g/mol. The lowest BCUT2D eigenvalue weighted by atomic mass is 10.2. The zero-order chi connectivity index (χ0) is 11.3. The minimum atomic E-state index is -0.246. The molecule has 0 bridgehead atoms. The Morgan fingerprint density at radius 2 is 2.40 bits per heavy atom. The maximum atomic E-state index is 10.9. The van der Waals surface area contributed by atoms with Gasteiger partial charge in [-0.25, -0.2) is 0 Å². The van der Waals surface area contributed by atoms with Gasteiger partial charge in [0.15, 0.2) is 0 Å². The lowest BCUT2D eigenvalue weighted by Crippen LogP contribution is -2.19. The van der Waals surface area contributed by atoms with Gasteiger partial charge in [-0.3, -0.25) is 4.79 Å². The average molecular weight is 223 g/mol. The highest BCUT2D eigenvalue weighted by Gasteiger charge is 2.03. The quantitative estimate of drug-likeness (QED) is 0.605. The normalized spacial score (nSPS) is 9.67. The second kappa shape index (κ2) is 5.46. The number of amides is 1. The van der Waals surface area contributed by atoms with E-state index in [1.165, 1.54) is 6.08 Å². The molecular weight excluding hydrogens is 210 g/mol. The van der Waals surface area contributed by atoms with Crippen molar-refractivity contribution in [2.24, 2.45) is 0 Å². The number of aromatic hydroxyl groups is 1. The smallest absolute Gasteiger partial charge is 0.243 e. The van der Waals surface area contributed by atoms with Crippen LogP contribution in [0.25, 0.3) is 0 Å². The summed E-state index contributed by atoms with van der Waals surface area (Å²) >= 11 is 1.59. The van der Waals surface area contributed by atoms with Crippen molar-refractivity contribution in [3.8, 4) is 5.75 Å². The van der Waals surface area contributed by atoms with Crippen LogP contribution >= 0.6 is 11.8 Å². The van der Waals surface area contributed by atoms with E-state index in [1.54, 1.807) is 17.8 Å². The van der Waals surface area contributed by atoms with E-state index in [4.69, 9.17) is 0 Å². The summed E-state index contributed by atoms with van der Waals surface area (Å²) in [5.74, 6) is -0.0545. The first kappa shape index (κ1) is 11.7. The second-order valence-corrected chi connectivity index (χ2v) is 3.80. The number of phenolic OH excluding ortho intramolecular Hbond substituents is 1. The first-order chi connectivity index (χ1) is 7.17. The van der Waals surface area contributed by atoms with E-state index < -0.39 is 0 Å². The van der Waals surface area contributed by atoms with Crippen molar-refractivity contribution in [2.45, 2.75) is 11.4 Å². The third kappa shape index (κ3) is 3.32. The molecule has 0 radical (unpaired) electrons. The summed E-state index contributed by atoms with van der Waals surface area (Å²) in [4.78, 5) is 12.0. The Morgan fingerprint density at radius 3 is 3.00 bits per heavy atom. The predicted molar refractivity (Wildman–Crippen MR) is 61.9 cm³/mol. The van der Waals surface area contributed by atoms with Crippen molar-refractivity contribution in [1.82, 2.24) is 5.32 Å². The number of rotatable bonds is 4. The van der Waals surface area contributed by atoms with Crippen LogP contribution in [-0.2, 0) is 11.3 Å². The van der Waals surface area contributed by atoms with E-state index in [1.807, 2.05) is 18.4 Å². The molecule has 0 heterocycles. The molecule has 1 amide bonds. The van der Waals surface area contributed by atoms with Gasteiger partial charge in [-0.15, -0.1) is 11.8 Å². The second-order valence-electron chi connectivity index (χ2n) is 2.92. The number of hydrogen-bond donors (Lipinski definition) is 2. The molecule has 1 rings (SSSR count). The van der Waals surface area contributed by atoms with E-state index in [9.17, 15) is 9.90 Å². The summed E-state index contributed by atoms with van der Waals surface area (Å²) < 4.78 is 0. The number of nitrogens with one attached hydrogen (secondary N) is 1. The van der Waals surface area contributed by atoms with Crippen LogP contribution < -0.4 is 5.32 Å². The first-order valence-electron chi connectivity index (χ1n) is 4.43. The highest BCUT2D eigenvalue weighted by molar-refractivity contribution is 7.98. The molecule has 1 aromatic carbocycles. The van der Waals surface area contributed by atoms with E-state index in [0.717, 1.165) is 4.90 Å². The standard InChI is InChI=1S/C11H13NO2S/c1-3-11(14)12-7-8-6-9(15-2)4-5-10(8)13/h3-6,13H,1,7H2,2H3,(H,12,14). The molecule has 0 saturated heterocycles. The van der Waals surface area contributed by atoms with Crippen LogP contribution in [0.4, 0.5) is 0 Å². The number of thioether (sulfide) groups is 1. The summed E-state index contributed by atoms with van der Waals surface area (Å²) in [6, 6.07) is 5.31. The van der Waals surface area contributed by atoms with Gasteiger partial charge in [-0.1, -0.05) is 6.58 Å². The van der Waals surface area contributed by atoms with Crippen molar-refractivity contribution >= 4 is 17.7 Å². The number of benzene rings is 1. The van der Waals surface area contributed by atoms with Crippen molar-refractivity contribution in [3.63, 3.8) is 0 Å². The SMILES string of the molecule is C=CC(=O)NCc1cc(SC)ccc1O. The zero-order valence-corrected chi connectivity index (χ0v) is 9.30. The number of phenols is 1. The molecule has 1 aromatic rings. The molecule has 80 valence electrons. The number of carbonyl (C=O) groups excluding carboxylic acids is 1. The van der Waals surface area contributed by atoms with Crippen LogP contribution in [0, 0.1) is 0 Å². The molecule has 0 unspecified atom stereocenters. The lowest BCUT2D eigenvalue weighted by molar-refractivity contribution is -0.116. The maximum Gasteiger partial charge on any atom is 0.243 e. The Morgan fingerprint density at radius 1 is 1.67 bits per heavy atom. The van der Waals surface area contributed by atoms with Crippen molar-refractivity contribution in [2.75, 3.05) is 6.26 Å². The van der Waals surface area contributed by atoms with Crippen LogP contribution in [-0.4, -0.2) is 17.3 Å². The van der Waals surface area contributed by atoms with Gasteiger partial charge in [0.25, 0.3) is 0 Å². The maximum absolute atomic E-state index is 10.9. The van der Waals surface area contributed by atoms with Crippen LogP contribution in [0.3, 0.4) is 0 Å². The average Bonchev–Trinajstić information content (AvgIpc) is 2.27. The Hall–Kier alpha value is -1.42. The van der Waals surface area contributed by atoms with Gasteiger partial charge in [0.1, 0.15) is 5.75 Å². The predicted octanol–water partition coefficient (Wildman–Crippen LogP) is 1.92. The minimum Gasteiger partial charge on any atom is -0.508 e. The summed E-state index contributed by atoms with van der Waals surface area (Å²) in [5, 5.41) is 12.1. The van der Waals surface area contributed by atoms with Gasteiger partial charge < -0.3 is 10.4 Å². The molecule has 0 aliphatic rings. The minimum absolute atomic E-state index is 0.192. The van der Waals surface area contributed by atoms with Crippen LogP contribution in [0.1, 0.15) is 5.56 Å². The van der Waals surface area contributed by atoms with Gasteiger partial charge in [0, 0.05) is 17.0 Å². The number of carbonyl (C=O) groups is 1. The lowest BCUT2D eigenvalue weighted by Gasteiger charge is -2.06. The van der Waals surface area contributed by atoms with Gasteiger partial charge in [-0.05, 0) is 30.5 Å². The van der Waals surface area contributed by atoms with Crippen molar-refractivity contribution < 1.29 is 9.90 Å². The van der Waals surface area contributed by atoms with E-state index in [2.05, 4.69) is 11.9 Å². The van der Waals surface area contributed by atoms with Gasteiger partial charge >= 0.3 is 0 Å². The first-order valence-corrected chi connectivity index (χ1v) is 5.66. The van der Waals surface area contributed by atoms with Crippen LogP contribution in [0.15, 0.2) is 35.7 Å². The van der Waals surface area contributed by atoms with Crippen molar-refractivity contribution in [3.05, 3.63) is 36.4 Å². The number of hydrogen-bond acceptors (Lipinski definition) is 3. The molecule has 0 saturated carbocycles. The summed E-state index contributed by atoms with van der Waals surface area (Å²) in [7, 11) is 0. The summed E-state index contributed by atoms with van der Waals surface area (Å²) in [6.45, 7) is 3.66. The molecule has 0 aliphatic heterocycles. The fourth-order valence-corrected chi connectivity index (χ4v) is 1.55.